The summed E-state index contributed by atoms with van der Waals surface area (Å²) in [7, 11) is 0. The van der Waals surface area contributed by atoms with Crippen molar-refractivity contribution in [2.75, 3.05) is 6.54 Å². The van der Waals surface area contributed by atoms with Crippen molar-refractivity contribution in [3.63, 3.8) is 0 Å². The van der Waals surface area contributed by atoms with Gasteiger partial charge in [-0.2, -0.15) is 0 Å². The van der Waals surface area contributed by atoms with Crippen LogP contribution in [0.3, 0.4) is 0 Å². The van der Waals surface area contributed by atoms with Gasteiger partial charge in [-0.15, -0.1) is 0 Å². The Morgan fingerprint density at radius 3 is 2.12 bits per heavy atom. The topological polar surface area (TPSA) is 98.7 Å². The predicted octanol–water partition coefficient (Wildman–Crippen LogP) is 3.06. The standard InChI is InChI=1S/C24H36ClN3O4/c1-14(15-8-10-16(25)11-9-15)26-20(30)18-12-17(29)13-28(18)21(31)19(23(2,3)4)27-22(32)24(5,6)7/h8-11,14,17-19,29H,12-13H2,1-7H3,(H,26,30)(H,27,32)/t14-,17+,18-,19+/m0/s1. The van der Waals surface area contributed by atoms with Crippen molar-refractivity contribution < 1.29 is 19.5 Å². The van der Waals surface area contributed by atoms with Crippen molar-refractivity contribution >= 4 is 29.3 Å². The van der Waals surface area contributed by atoms with Gasteiger partial charge in [0.1, 0.15) is 12.1 Å². The smallest absolute Gasteiger partial charge is 0.246 e. The average molecular weight is 466 g/mol. The summed E-state index contributed by atoms with van der Waals surface area (Å²) in [5.74, 6) is -0.957. The van der Waals surface area contributed by atoms with Gasteiger partial charge in [-0.3, -0.25) is 14.4 Å². The van der Waals surface area contributed by atoms with Crippen LogP contribution in [0.25, 0.3) is 0 Å². The minimum Gasteiger partial charge on any atom is -0.391 e. The number of aliphatic hydroxyl groups is 1. The summed E-state index contributed by atoms with van der Waals surface area (Å²) in [6.45, 7) is 12.8. The lowest BCUT2D eigenvalue weighted by molar-refractivity contribution is -0.145. The Kier molecular flexibility index (Phi) is 8.00. The molecule has 1 aromatic carbocycles. The van der Waals surface area contributed by atoms with E-state index >= 15 is 0 Å². The molecule has 1 saturated heterocycles. The zero-order valence-electron chi connectivity index (χ0n) is 20.0. The van der Waals surface area contributed by atoms with Crippen LogP contribution < -0.4 is 10.6 Å². The van der Waals surface area contributed by atoms with Gasteiger partial charge in [0.2, 0.25) is 17.7 Å². The van der Waals surface area contributed by atoms with Crippen molar-refractivity contribution in [1.82, 2.24) is 15.5 Å². The Morgan fingerprint density at radius 1 is 1.06 bits per heavy atom. The zero-order valence-corrected chi connectivity index (χ0v) is 20.8. The molecule has 3 N–H and O–H groups in total. The first-order chi connectivity index (χ1) is 14.6. The van der Waals surface area contributed by atoms with Gasteiger partial charge in [-0.25, -0.2) is 0 Å². The van der Waals surface area contributed by atoms with E-state index in [0.717, 1.165) is 5.56 Å². The Labute approximate surface area is 195 Å². The lowest BCUT2D eigenvalue weighted by atomic mass is 9.84. The molecule has 0 bridgehead atoms. The number of aliphatic hydroxyl groups excluding tert-OH is 1. The molecule has 0 radical (unpaired) electrons. The fourth-order valence-electron chi connectivity index (χ4n) is 3.61. The molecule has 4 atom stereocenters. The van der Waals surface area contributed by atoms with Gasteiger partial charge in [0.15, 0.2) is 0 Å². The summed E-state index contributed by atoms with van der Waals surface area (Å²) in [6, 6.07) is 5.22. The van der Waals surface area contributed by atoms with Crippen LogP contribution in [0.15, 0.2) is 24.3 Å². The van der Waals surface area contributed by atoms with Crippen LogP contribution in [0.2, 0.25) is 5.02 Å². The molecule has 0 spiro atoms. The highest BCUT2D eigenvalue weighted by atomic mass is 35.5. The Hall–Kier alpha value is -2.12. The van der Waals surface area contributed by atoms with Crippen LogP contribution in [-0.4, -0.2) is 52.5 Å². The molecule has 3 amide bonds. The molecule has 0 aliphatic carbocycles. The van der Waals surface area contributed by atoms with Crippen LogP contribution in [0.1, 0.15) is 66.5 Å². The Balaban J connectivity index is 2.21. The lowest BCUT2D eigenvalue weighted by Crippen LogP contribution is -2.59. The van der Waals surface area contributed by atoms with Gasteiger partial charge in [0, 0.05) is 23.4 Å². The Bertz CT molecular complexity index is 842. The van der Waals surface area contributed by atoms with E-state index in [0.29, 0.717) is 5.02 Å². The van der Waals surface area contributed by atoms with Crippen LogP contribution in [-0.2, 0) is 14.4 Å². The lowest BCUT2D eigenvalue weighted by Gasteiger charge is -2.36. The number of nitrogens with zero attached hydrogens (tertiary/aromatic N) is 1. The molecular weight excluding hydrogens is 430 g/mol. The van der Waals surface area contributed by atoms with E-state index in [1.165, 1.54) is 4.90 Å². The molecule has 1 aliphatic heterocycles. The molecule has 7 nitrogen and oxygen atoms in total. The van der Waals surface area contributed by atoms with E-state index < -0.39 is 29.0 Å². The molecule has 1 heterocycles. The third kappa shape index (κ3) is 6.45. The summed E-state index contributed by atoms with van der Waals surface area (Å²) < 4.78 is 0. The average Bonchev–Trinajstić information content (AvgIpc) is 3.06. The van der Waals surface area contributed by atoms with E-state index in [1.54, 1.807) is 32.9 Å². The highest BCUT2D eigenvalue weighted by molar-refractivity contribution is 6.30. The first kappa shape index (κ1) is 26.1. The van der Waals surface area contributed by atoms with E-state index in [1.807, 2.05) is 39.8 Å². The maximum Gasteiger partial charge on any atom is 0.246 e. The van der Waals surface area contributed by atoms with E-state index in [4.69, 9.17) is 11.6 Å². The highest BCUT2D eigenvalue weighted by Gasteiger charge is 2.45. The minimum absolute atomic E-state index is 0.0458. The molecule has 2 rings (SSSR count). The quantitative estimate of drug-likeness (QED) is 0.622. The number of carbonyl (C=O) groups is 3. The Morgan fingerprint density at radius 2 is 1.62 bits per heavy atom. The third-order valence-corrected chi connectivity index (χ3v) is 5.92. The zero-order chi connectivity index (χ0) is 24.4. The molecule has 178 valence electrons. The summed E-state index contributed by atoms with van der Waals surface area (Å²) in [4.78, 5) is 40.6. The van der Waals surface area contributed by atoms with E-state index in [9.17, 15) is 19.5 Å². The van der Waals surface area contributed by atoms with Gasteiger partial charge in [-0.05, 0) is 30.0 Å². The number of halogens is 1. The second kappa shape index (κ2) is 9.79. The van der Waals surface area contributed by atoms with Gasteiger partial charge in [0.05, 0.1) is 12.1 Å². The summed E-state index contributed by atoms with van der Waals surface area (Å²) in [5.41, 5.74) is -0.369. The second-order valence-corrected chi connectivity index (χ2v) is 11.1. The van der Waals surface area contributed by atoms with Crippen molar-refractivity contribution in [3.05, 3.63) is 34.9 Å². The molecule has 1 aliphatic rings. The van der Waals surface area contributed by atoms with Gasteiger partial charge < -0.3 is 20.6 Å². The molecule has 1 fully saturated rings. The summed E-state index contributed by atoms with van der Waals surface area (Å²) >= 11 is 5.94. The minimum atomic E-state index is -0.830. The van der Waals surface area contributed by atoms with Gasteiger partial charge >= 0.3 is 0 Å². The number of carbonyl (C=O) groups excluding carboxylic acids is 3. The summed E-state index contributed by atoms with van der Waals surface area (Å²) in [5, 5.41) is 16.7. The van der Waals surface area contributed by atoms with E-state index in [2.05, 4.69) is 10.6 Å². The molecule has 8 heteroatoms. The normalized spacial score (nSPS) is 21.1. The van der Waals surface area contributed by atoms with Gasteiger partial charge in [-0.1, -0.05) is 65.3 Å². The number of hydrogen-bond acceptors (Lipinski definition) is 4. The van der Waals surface area contributed by atoms with Crippen molar-refractivity contribution in [1.29, 1.82) is 0 Å². The number of nitrogens with one attached hydrogen (secondary N) is 2. The molecule has 0 aromatic heterocycles. The number of likely N-dealkylation sites (tertiary alicyclic amines) is 1. The summed E-state index contributed by atoms with van der Waals surface area (Å²) in [6.07, 6.45) is -0.658. The number of hydrogen-bond donors (Lipinski definition) is 3. The molecule has 1 aromatic rings. The fraction of sp³-hybridized carbons (Fsp3) is 0.625. The monoisotopic (exact) mass is 465 g/mol. The first-order valence-corrected chi connectivity index (χ1v) is 11.3. The number of β-amino-alcohol motifs (C(OH)–C–C–N with tert-alkyl or cyclic N) is 1. The SMILES string of the molecule is C[C@H](NC(=O)[C@@H]1C[C@@H](O)CN1C(=O)[C@@H](NC(=O)C(C)(C)C)C(C)(C)C)c1ccc(Cl)cc1. The van der Waals surface area contributed by atoms with Gasteiger partial charge in [0.25, 0.3) is 0 Å². The molecule has 0 saturated carbocycles. The van der Waals surface area contributed by atoms with Crippen LogP contribution in [0.5, 0.6) is 0 Å². The molecular formula is C24H36ClN3O4. The number of benzene rings is 1. The third-order valence-electron chi connectivity index (χ3n) is 5.66. The van der Waals surface area contributed by atoms with Crippen LogP contribution in [0.4, 0.5) is 0 Å². The molecule has 0 unspecified atom stereocenters. The number of rotatable bonds is 5. The van der Waals surface area contributed by atoms with Crippen LogP contribution in [0, 0.1) is 10.8 Å². The maximum absolute atomic E-state index is 13.5. The largest absolute Gasteiger partial charge is 0.391 e. The second-order valence-electron chi connectivity index (χ2n) is 10.7. The van der Waals surface area contributed by atoms with E-state index in [-0.39, 0.29) is 36.7 Å². The van der Waals surface area contributed by atoms with Crippen LogP contribution >= 0.6 is 11.6 Å². The van der Waals surface area contributed by atoms with Crippen molar-refractivity contribution in [3.8, 4) is 0 Å². The fourth-order valence-corrected chi connectivity index (χ4v) is 3.74. The maximum atomic E-state index is 13.5. The number of amides is 3. The van der Waals surface area contributed by atoms with Crippen molar-refractivity contribution in [2.45, 2.75) is 79.1 Å². The predicted molar refractivity (Wildman–Crippen MR) is 125 cm³/mol. The highest BCUT2D eigenvalue weighted by Crippen LogP contribution is 2.28. The first-order valence-electron chi connectivity index (χ1n) is 11.0. The molecule has 32 heavy (non-hydrogen) atoms. The van der Waals surface area contributed by atoms with Crippen molar-refractivity contribution in [2.24, 2.45) is 10.8 Å².